The largest absolute Gasteiger partial charge is 0.493 e. The predicted molar refractivity (Wildman–Crippen MR) is 134 cm³/mol. The van der Waals surface area contributed by atoms with Gasteiger partial charge in [-0.3, -0.25) is 9.10 Å². The lowest BCUT2D eigenvalue weighted by Crippen LogP contribution is -2.37. The number of ether oxygens (including phenoxy) is 2. The van der Waals surface area contributed by atoms with Gasteiger partial charge in [0.1, 0.15) is 6.54 Å². The first-order chi connectivity index (χ1) is 15.2. The summed E-state index contributed by atoms with van der Waals surface area (Å²) in [5, 5.41) is 3.08. The molecular weight excluding hydrogens is 567 g/mol. The molecule has 0 unspecified atom stereocenters. The first-order valence-corrected chi connectivity index (χ1v) is 12.6. The maximum Gasteiger partial charge on any atom is 0.245 e. The Hall–Kier alpha value is -2.50. The maximum absolute atomic E-state index is 12.8. The molecule has 0 spiro atoms. The zero-order valence-electron chi connectivity index (χ0n) is 17.2. The molecule has 1 amide bonds. The fourth-order valence-corrected chi connectivity index (χ4v) is 4.23. The molecule has 0 radical (unpaired) electrons. The van der Waals surface area contributed by atoms with Crippen LogP contribution in [0, 0.1) is 3.57 Å². The molecule has 32 heavy (non-hydrogen) atoms. The van der Waals surface area contributed by atoms with Crippen LogP contribution in [0.25, 0.3) is 0 Å². The van der Waals surface area contributed by atoms with Crippen LogP contribution in [-0.2, 0) is 14.8 Å². The molecule has 3 aromatic carbocycles. The summed E-state index contributed by atoms with van der Waals surface area (Å²) in [4.78, 5) is 12.8. The van der Waals surface area contributed by atoms with Crippen LogP contribution in [0.2, 0.25) is 5.02 Å². The van der Waals surface area contributed by atoms with Gasteiger partial charge < -0.3 is 14.8 Å². The Labute approximate surface area is 205 Å². The number of nitrogens with zero attached hydrogens (tertiary/aromatic N) is 1. The van der Waals surface area contributed by atoms with Crippen molar-refractivity contribution in [1.82, 2.24) is 0 Å². The average molecular weight is 587 g/mol. The van der Waals surface area contributed by atoms with E-state index in [1.165, 1.54) is 13.2 Å². The number of amides is 1. The molecule has 0 aliphatic carbocycles. The van der Waals surface area contributed by atoms with Crippen molar-refractivity contribution in [3.8, 4) is 17.2 Å². The van der Waals surface area contributed by atoms with E-state index >= 15 is 0 Å². The van der Waals surface area contributed by atoms with Gasteiger partial charge >= 0.3 is 0 Å². The van der Waals surface area contributed by atoms with E-state index in [0.29, 0.717) is 33.6 Å². The summed E-state index contributed by atoms with van der Waals surface area (Å²) in [7, 11) is -2.17. The normalized spacial score (nSPS) is 11.0. The number of benzene rings is 3. The number of rotatable bonds is 8. The number of sulfonamides is 1. The van der Waals surface area contributed by atoms with Crippen LogP contribution < -0.4 is 19.1 Å². The molecule has 0 fully saturated rings. The molecule has 168 valence electrons. The second-order valence-electron chi connectivity index (χ2n) is 6.69. The van der Waals surface area contributed by atoms with Gasteiger partial charge in [0.25, 0.3) is 0 Å². The van der Waals surface area contributed by atoms with Crippen LogP contribution in [0.3, 0.4) is 0 Å². The highest BCUT2D eigenvalue weighted by atomic mass is 127. The number of carbonyl (C=O) groups excluding carboxylic acids is 1. The second-order valence-corrected chi connectivity index (χ2v) is 10.3. The lowest BCUT2D eigenvalue weighted by molar-refractivity contribution is -0.114. The van der Waals surface area contributed by atoms with Gasteiger partial charge in [0.05, 0.1) is 24.7 Å². The number of para-hydroxylation sites is 2. The monoisotopic (exact) mass is 586 g/mol. The Morgan fingerprint density at radius 3 is 2.31 bits per heavy atom. The maximum atomic E-state index is 12.8. The molecule has 0 atom stereocenters. The quantitative estimate of drug-likeness (QED) is 0.369. The number of hydrogen-bond acceptors (Lipinski definition) is 5. The van der Waals surface area contributed by atoms with E-state index in [1.807, 2.05) is 0 Å². The van der Waals surface area contributed by atoms with E-state index in [0.717, 1.165) is 14.1 Å². The summed E-state index contributed by atoms with van der Waals surface area (Å²) in [6.45, 7) is -0.417. The standard InChI is InChI=1S/C22H20ClIN2O5S/c1-30-20-5-3-4-6-21(20)31-19-12-7-15(23)13-18(19)25-22(27)14-26(32(2,28)29)17-10-8-16(24)9-11-17/h3-13H,14H2,1-2H3,(H,25,27). The Morgan fingerprint density at radius 1 is 1.03 bits per heavy atom. The average Bonchev–Trinajstić information content (AvgIpc) is 2.74. The minimum atomic E-state index is -3.70. The van der Waals surface area contributed by atoms with E-state index < -0.39 is 22.5 Å². The first-order valence-electron chi connectivity index (χ1n) is 9.31. The lowest BCUT2D eigenvalue weighted by atomic mass is 10.2. The van der Waals surface area contributed by atoms with Gasteiger partial charge in [-0.15, -0.1) is 0 Å². The SMILES string of the molecule is COc1ccccc1Oc1ccc(Cl)cc1NC(=O)CN(c1ccc(I)cc1)S(C)(=O)=O. The molecule has 0 aliphatic rings. The molecule has 3 aromatic rings. The summed E-state index contributed by atoms with van der Waals surface area (Å²) in [5.74, 6) is 0.736. The zero-order valence-corrected chi connectivity index (χ0v) is 20.9. The summed E-state index contributed by atoms with van der Waals surface area (Å²) in [5.41, 5.74) is 0.684. The van der Waals surface area contributed by atoms with Crippen molar-refractivity contribution >= 4 is 61.5 Å². The van der Waals surface area contributed by atoms with E-state index in [-0.39, 0.29) is 0 Å². The summed E-state index contributed by atoms with van der Waals surface area (Å²) in [6.07, 6.45) is 1.05. The van der Waals surface area contributed by atoms with Gasteiger partial charge in [0.2, 0.25) is 15.9 Å². The number of anilines is 2. The van der Waals surface area contributed by atoms with Crippen LogP contribution >= 0.6 is 34.2 Å². The van der Waals surface area contributed by atoms with Crippen LogP contribution in [0.15, 0.2) is 66.7 Å². The smallest absolute Gasteiger partial charge is 0.245 e. The van der Waals surface area contributed by atoms with Crippen LogP contribution in [0.1, 0.15) is 0 Å². The van der Waals surface area contributed by atoms with Gasteiger partial charge in [0.15, 0.2) is 17.2 Å². The van der Waals surface area contributed by atoms with Crippen molar-refractivity contribution in [2.24, 2.45) is 0 Å². The Balaban J connectivity index is 1.85. The topological polar surface area (TPSA) is 84.9 Å². The highest BCUT2D eigenvalue weighted by Gasteiger charge is 2.22. The fraction of sp³-hybridized carbons (Fsp3) is 0.136. The van der Waals surface area contributed by atoms with Crippen molar-refractivity contribution in [2.75, 3.05) is 29.5 Å². The van der Waals surface area contributed by atoms with Crippen molar-refractivity contribution in [1.29, 1.82) is 0 Å². The van der Waals surface area contributed by atoms with E-state index in [4.69, 9.17) is 21.1 Å². The van der Waals surface area contributed by atoms with Crippen molar-refractivity contribution in [2.45, 2.75) is 0 Å². The molecule has 10 heteroatoms. The van der Waals surface area contributed by atoms with E-state index in [1.54, 1.807) is 60.7 Å². The number of nitrogens with one attached hydrogen (secondary N) is 1. The number of carbonyl (C=O) groups is 1. The Bertz CT molecular complexity index is 1220. The number of hydrogen-bond donors (Lipinski definition) is 1. The minimum Gasteiger partial charge on any atom is -0.493 e. The van der Waals surface area contributed by atoms with Crippen molar-refractivity contribution in [3.63, 3.8) is 0 Å². The van der Waals surface area contributed by atoms with Gasteiger partial charge in [-0.2, -0.15) is 0 Å². The first kappa shape index (κ1) is 24.1. The molecule has 3 rings (SSSR count). The third-order valence-corrected chi connectivity index (χ3v) is 6.40. The molecule has 0 saturated heterocycles. The zero-order chi connectivity index (χ0) is 23.3. The predicted octanol–water partition coefficient (Wildman–Crippen LogP) is 5.15. The Morgan fingerprint density at radius 2 is 1.69 bits per heavy atom. The molecule has 0 saturated carbocycles. The van der Waals surface area contributed by atoms with E-state index in [2.05, 4.69) is 27.9 Å². The third-order valence-electron chi connectivity index (χ3n) is 4.31. The molecule has 0 aromatic heterocycles. The third kappa shape index (κ3) is 6.27. The molecular formula is C22H20ClIN2O5S. The van der Waals surface area contributed by atoms with Crippen LogP contribution in [-0.4, -0.2) is 34.2 Å². The molecule has 7 nitrogen and oxygen atoms in total. The van der Waals surface area contributed by atoms with Crippen LogP contribution in [0.5, 0.6) is 17.2 Å². The summed E-state index contributed by atoms with van der Waals surface area (Å²) >= 11 is 8.23. The summed E-state index contributed by atoms with van der Waals surface area (Å²) < 4.78 is 37.8. The molecule has 1 N–H and O–H groups in total. The van der Waals surface area contributed by atoms with E-state index in [9.17, 15) is 13.2 Å². The summed E-state index contributed by atoms with van der Waals surface area (Å²) in [6, 6.07) is 18.6. The molecule has 0 bridgehead atoms. The van der Waals surface area contributed by atoms with Gasteiger partial charge in [0, 0.05) is 8.59 Å². The highest BCUT2D eigenvalue weighted by molar-refractivity contribution is 14.1. The van der Waals surface area contributed by atoms with Crippen molar-refractivity contribution in [3.05, 3.63) is 75.3 Å². The lowest BCUT2D eigenvalue weighted by Gasteiger charge is -2.22. The Kier molecular flexibility index (Phi) is 7.86. The minimum absolute atomic E-state index is 0.296. The highest BCUT2D eigenvalue weighted by Crippen LogP contribution is 2.36. The van der Waals surface area contributed by atoms with Crippen LogP contribution in [0.4, 0.5) is 11.4 Å². The molecule has 0 aliphatic heterocycles. The molecule has 0 heterocycles. The van der Waals surface area contributed by atoms with Gasteiger partial charge in [-0.25, -0.2) is 8.42 Å². The number of halogens is 2. The number of methoxy groups -OCH3 is 1. The van der Waals surface area contributed by atoms with Gasteiger partial charge in [-0.05, 0) is 77.2 Å². The fourth-order valence-electron chi connectivity index (χ4n) is 2.84. The van der Waals surface area contributed by atoms with Crippen molar-refractivity contribution < 1.29 is 22.7 Å². The second kappa shape index (κ2) is 10.4. The van der Waals surface area contributed by atoms with Gasteiger partial charge in [-0.1, -0.05) is 23.7 Å².